The molecule has 0 saturated carbocycles. The fourth-order valence-electron chi connectivity index (χ4n) is 4.26. The summed E-state index contributed by atoms with van der Waals surface area (Å²) in [6.07, 6.45) is 1.81. The number of benzene rings is 1. The zero-order chi connectivity index (χ0) is 26.5. The average molecular weight is 541 g/mol. The van der Waals surface area contributed by atoms with E-state index in [1.54, 1.807) is 54.0 Å². The molecule has 2 aromatic heterocycles. The van der Waals surface area contributed by atoms with Gasteiger partial charge in [0.1, 0.15) is 16.4 Å². The molecule has 3 heterocycles. The number of primary amides is 1. The van der Waals surface area contributed by atoms with Crippen LogP contribution < -0.4 is 15.8 Å². The highest BCUT2D eigenvalue weighted by Crippen LogP contribution is 2.32. The first-order valence-electron chi connectivity index (χ1n) is 11.9. The van der Waals surface area contributed by atoms with Gasteiger partial charge in [-0.15, -0.1) is 22.7 Å². The topological polar surface area (TPSA) is 132 Å². The molecule has 1 fully saturated rings. The predicted octanol–water partition coefficient (Wildman–Crippen LogP) is 4.24. The summed E-state index contributed by atoms with van der Waals surface area (Å²) in [6.45, 7) is 2.93. The van der Waals surface area contributed by atoms with Crippen molar-refractivity contribution in [3.63, 3.8) is 0 Å². The van der Waals surface area contributed by atoms with Gasteiger partial charge in [0, 0.05) is 42.8 Å². The fourth-order valence-corrected chi connectivity index (χ4v) is 6.18. The summed E-state index contributed by atoms with van der Waals surface area (Å²) in [5.74, 6) is -0.239. The Balaban J connectivity index is 1.26. The molecule has 0 spiro atoms. The van der Waals surface area contributed by atoms with E-state index in [1.165, 1.54) is 22.7 Å². The number of anilines is 1. The number of hydrogen-bond donors (Lipinski definition) is 2. The Hall–Kier alpha value is -3.57. The quantitative estimate of drug-likeness (QED) is 0.390. The first-order chi connectivity index (χ1) is 17.8. The van der Waals surface area contributed by atoms with E-state index in [2.05, 4.69) is 10.3 Å². The summed E-state index contributed by atoms with van der Waals surface area (Å²) < 4.78 is 5.11. The van der Waals surface area contributed by atoms with Crippen molar-refractivity contribution < 1.29 is 23.9 Å². The van der Waals surface area contributed by atoms with Crippen molar-refractivity contribution in [1.82, 2.24) is 9.88 Å². The number of thiophene rings is 1. The van der Waals surface area contributed by atoms with Crippen LogP contribution in [0.5, 0.6) is 5.75 Å². The number of amides is 3. The minimum absolute atomic E-state index is 0.0315. The van der Waals surface area contributed by atoms with Gasteiger partial charge in [0.15, 0.2) is 5.78 Å². The van der Waals surface area contributed by atoms with Crippen molar-refractivity contribution >= 4 is 51.2 Å². The number of Topliss-reactive ketones (excluding diaryl/α,β-unsaturated/α-hetero) is 1. The summed E-state index contributed by atoms with van der Waals surface area (Å²) in [4.78, 5) is 55.8. The van der Waals surface area contributed by atoms with Crippen molar-refractivity contribution in [1.29, 1.82) is 0 Å². The number of likely N-dealkylation sites (tertiary alicyclic amines) is 1. The minimum Gasteiger partial charge on any atom is -0.497 e. The average Bonchev–Trinajstić information content (AvgIpc) is 3.54. The number of carbonyl (C=O) groups excluding carboxylic acids is 4. The van der Waals surface area contributed by atoms with Gasteiger partial charge < -0.3 is 20.7 Å². The van der Waals surface area contributed by atoms with Crippen molar-refractivity contribution in [2.75, 3.05) is 25.5 Å². The summed E-state index contributed by atoms with van der Waals surface area (Å²) in [5, 5.41) is 7.49. The van der Waals surface area contributed by atoms with E-state index in [1.807, 2.05) is 0 Å². The lowest BCUT2D eigenvalue weighted by atomic mass is 9.97. The smallest absolute Gasteiger partial charge is 0.275 e. The van der Waals surface area contributed by atoms with Crippen LogP contribution in [0.15, 0.2) is 35.0 Å². The monoisotopic (exact) mass is 540 g/mol. The minimum atomic E-state index is -0.584. The molecule has 1 aliphatic heterocycles. The van der Waals surface area contributed by atoms with Crippen LogP contribution in [0, 0.1) is 6.92 Å². The molecule has 0 radical (unpaired) electrons. The first kappa shape index (κ1) is 26.5. The van der Waals surface area contributed by atoms with Crippen LogP contribution in [0.25, 0.3) is 0 Å². The molecule has 4 rings (SSSR count). The SMILES string of the molecule is COc1ccc(C(=O)CCC(=O)N2CCC(c3nc(C(=O)Nc4scc(C)c4C(N)=O)cs3)CC2)cc1. The highest BCUT2D eigenvalue weighted by molar-refractivity contribution is 7.15. The second-order valence-electron chi connectivity index (χ2n) is 8.82. The highest BCUT2D eigenvalue weighted by atomic mass is 32.1. The van der Waals surface area contributed by atoms with Crippen LogP contribution in [0.1, 0.15) is 73.4 Å². The van der Waals surface area contributed by atoms with Gasteiger partial charge in [-0.05, 0) is 55.0 Å². The second-order valence-corrected chi connectivity index (χ2v) is 10.6. The zero-order valence-electron chi connectivity index (χ0n) is 20.6. The number of hydrogen-bond acceptors (Lipinski definition) is 8. The van der Waals surface area contributed by atoms with E-state index in [0.717, 1.165) is 23.4 Å². The van der Waals surface area contributed by atoms with Gasteiger partial charge in [0.25, 0.3) is 11.8 Å². The predicted molar refractivity (Wildman–Crippen MR) is 143 cm³/mol. The third kappa shape index (κ3) is 6.23. The molecule has 1 aromatic carbocycles. The molecule has 3 aromatic rings. The maximum Gasteiger partial charge on any atom is 0.275 e. The molecule has 0 atom stereocenters. The van der Waals surface area contributed by atoms with Crippen LogP contribution >= 0.6 is 22.7 Å². The van der Waals surface area contributed by atoms with E-state index >= 15 is 0 Å². The molecule has 3 N–H and O–H groups in total. The summed E-state index contributed by atoms with van der Waals surface area (Å²) in [7, 11) is 1.57. The van der Waals surface area contributed by atoms with Gasteiger partial charge in [-0.25, -0.2) is 4.98 Å². The number of ketones is 1. The Kier molecular flexibility index (Phi) is 8.34. The first-order valence-corrected chi connectivity index (χ1v) is 13.6. The Labute approximate surface area is 222 Å². The molecule has 11 heteroatoms. The fraction of sp³-hybridized carbons (Fsp3) is 0.346. The molecule has 37 heavy (non-hydrogen) atoms. The number of nitrogens with two attached hydrogens (primary N) is 1. The number of aromatic nitrogens is 1. The number of thiazole rings is 1. The molecule has 0 unspecified atom stereocenters. The molecule has 1 aliphatic rings. The zero-order valence-corrected chi connectivity index (χ0v) is 22.2. The van der Waals surface area contributed by atoms with Crippen molar-refractivity contribution in [2.24, 2.45) is 5.73 Å². The van der Waals surface area contributed by atoms with E-state index in [-0.39, 0.29) is 42.1 Å². The Morgan fingerprint density at radius 2 is 1.78 bits per heavy atom. The number of methoxy groups -OCH3 is 1. The van der Waals surface area contributed by atoms with Crippen molar-refractivity contribution in [3.05, 3.63) is 62.4 Å². The van der Waals surface area contributed by atoms with Gasteiger partial charge in [-0.1, -0.05) is 0 Å². The van der Waals surface area contributed by atoms with Gasteiger partial charge in [0.05, 0.1) is 17.7 Å². The maximum atomic E-state index is 12.7. The van der Waals surface area contributed by atoms with Gasteiger partial charge in [-0.2, -0.15) is 0 Å². The van der Waals surface area contributed by atoms with Crippen LogP contribution in [-0.4, -0.2) is 53.6 Å². The number of rotatable bonds is 9. The lowest BCUT2D eigenvalue weighted by Gasteiger charge is -2.31. The molecule has 1 saturated heterocycles. The number of ether oxygens (including phenoxy) is 1. The summed E-state index contributed by atoms with van der Waals surface area (Å²) in [6, 6.07) is 6.87. The second kappa shape index (κ2) is 11.7. The molecule has 0 aliphatic carbocycles. The van der Waals surface area contributed by atoms with Gasteiger partial charge in [0.2, 0.25) is 5.91 Å². The van der Waals surface area contributed by atoms with E-state index in [4.69, 9.17) is 10.5 Å². The van der Waals surface area contributed by atoms with E-state index in [9.17, 15) is 19.2 Å². The van der Waals surface area contributed by atoms with E-state index < -0.39 is 5.91 Å². The number of nitrogens with zero attached hydrogens (tertiary/aromatic N) is 2. The number of aryl methyl sites for hydroxylation is 1. The molecular weight excluding hydrogens is 512 g/mol. The number of piperidine rings is 1. The maximum absolute atomic E-state index is 12.7. The molecule has 3 amide bonds. The lowest BCUT2D eigenvalue weighted by molar-refractivity contribution is -0.132. The largest absolute Gasteiger partial charge is 0.497 e. The van der Waals surface area contributed by atoms with Crippen molar-refractivity contribution in [3.8, 4) is 5.75 Å². The number of nitrogens with one attached hydrogen (secondary N) is 1. The van der Waals surface area contributed by atoms with Gasteiger partial charge in [-0.3, -0.25) is 19.2 Å². The standard InChI is InChI=1S/C26H28N4O5S2/c1-15-13-36-26(22(15)23(27)33)29-24(34)19-14-37-25(28-19)17-9-11-30(12-10-17)21(32)8-7-20(31)16-3-5-18(35-2)6-4-16/h3-6,13-14,17H,7-12H2,1-2H3,(H2,27,33)(H,29,34). The summed E-state index contributed by atoms with van der Waals surface area (Å²) >= 11 is 2.67. The Bertz CT molecular complexity index is 1310. The van der Waals surface area contributed by atoms with E-state index in [0.29, 0.717) is 35.0 Å². The van der Waals surface area contributed by atoms with Gasteiger partial charge >= 0.3 is 0 Å². The molecule has 194 valence electrons. The Morgan fingerprint density at radius 1 is 1.08 bits per heavy atom. The lowest BCUT2D eigenvalue weighted by Crippen LogP contribution is -2.38. The van der Waals surface area contributed by atoms with Crippen LogP contribution in [-0.2, 0) is 4.79 Å². The third-order valence-electron chi connectivity index (χ3n) is 6.38. The summed E-state index contributed by atoms with van der Waals surface area (Å²) in [5.41, 5.74) is 7.32. The van der Waals surface area contributed by atoms with Crippen molar-refractivity contribution in [2.45, 2.75) is 38.5 Å². The normalized spacial score (nSPS) is 13.8. The molecular formula is C26H28N4O5S2. The Morgan fingerprint density at radius 3 is 2.43 bits per heavy atom. The molecule has 0 bridgehead atoms. The van der Waals surface area contributed by atoms with Crippen LogP contribution in [0.2, 0.25) is 0 Å². The van der Waals surface area contributed by atoms with Crippen LogP contribution in [0.4, 0.5) is 5.00 Å². The third-order valence-corrected chi connectivity index (χ3v) is 8.40. The molecule has 9 nitrogen and oxygen atoms in total. The number of carbonyl (C=O) groups is 4. The highest BCUT2D eigenvalue weighted by Gasteiger charge is 2.27. The van der Waals surface area contributed by atoms with Crippen LogP contribution in [0.3, 0.4) is 0 Å².